The van der Waals surface area contributed by atoms with E-state index in [1.165, 1.54) is 0 Å². The molecule has 0 saturated carbocycles. The van der Waals surface area contributed by atoms with Gasteiger partial charge in [0.2, 0.25) is 11.8 Å². The highest BCUT2D eigenvalue weighted by Gasteiger charge is 2.74. The maximum atomic E-state index is 14.7. The number of hydrogen-bond acceptors (Lipinski definition) is 5. The monoisotopic (exact) mass is 583 g/mol. The SMILES string of the molecule is Cc1ccc(C)c(N2CC=C[C@]34O[C@]5(C)C=CCN(Cc6ccccc6)C(=O)[C@@H]5[C@H]3C(=O)N(CCCCCO)C4C2=O)c1. The third-order valence-corrected chi connectivity index (χ3v) is 9.57. The summed E-state index contributed by atoms with van der Waals surface area (Å²) in [7, 11) is 0. The fourth-order valence-corrected chi connectivity index (χ4v) is 7.55. The fraction of sp³-hybridized carbons (Fsp3) is 0.457. The van der Waals surface area contributed by atoms with Crippen LogP contribution in [0.3, 0.4) is 0 Å². The molecule has 2 fully saturated rings. The van der Waals surface area contributed by atoms with Crippen LogP contribution in [0.25, 0.3) is 0 Å². The maximum Gasteiger partial charge on any atom is 0.253 e. The van der Waals surface area contributed by atoms with Crippen molar-refractivity contribution in [2.45, 2.75) is 63.8 Å². The number of anilines is 1. The van der Waals surface area contributed by atoms with Crippen molar-refractivity contribution in [2.75, 3.05) is 31.1 Å². The Hall–Kier alpha value is -3.75. The molecule has 4 aliphatic rings. The van der Waals surface area contributed by atoms with E-state index >= 15 is 0 Å². The average Bonchev–Trinajstić information content (AvgIpc) is 3.26. The minimum atomic E-state index is -1.28. The summed E-state index contributed by atoms with van der Waals surface area (Å²) >= 11 is 0. The molecule has 226 valence electrons. The summed E-state index contributed by atoms with van der Waals surface area (Å²) in [6.07, 6.45) is 9.70. The zero-order valence-corrected chi connectivity index (χ0v) is 25.2. The van der Waals surface area contributed by atoms with Gasteiger partial charge in [0.05, 0.1) is 17.4 Å². The van der Waals surface area contributed by atoms with Gasteiger partial charge in [0.15, 0.2) is 0 Å². The number of carbonyl (C=O) groups is 3. The number of hydrogen-bond donors (Lipinski definition) is 1. The fourth-order valence-electron chi connectivity index (χ4n) is 7.55. The number of aliphatic hydroxyl groups is 1. The Morgan fingerprint density at radius 1 is 0.884 bits per heavy atom. The number of benzene rings is 2. The van der Waals surface area contributed by atoms with Crippen LogP contribution in [0.5, 0.6) is 0 Å². The number of amides is 3. The summed E-state index contributed by atoms with van der Waals surface area (Å²) in [4.78, 5) is 48.9. The molecule has 2 aromatic carbocycles. The van der Waals surface area contributed by atoms with Gasteiger partial charge in [-0.15, -0.1) is 0 Å². The summed E-state index contributed by atoms with van der Waals surface area (Å²) in [5, 5.41) is 9.34. The maximum absolute atomic E-state index is 14.7. The number of likely N-dealkylation sites (tertiary alicyclic amines) is 1. The molecule has 1 N–H and O–H groups in total. The Labute approximate surface area is 253 Å². The van der Waals surface area contributed by atoms with Crippen LogP contribution in [-0.2, 0) is 25.7 Å². The molecule has 3 amide bonds. The highest BCUT2D eigenvalue weighted by molar-refractivity contribution is 6.06. The van der Waals surface area contributed by atoms with Gasteiger partial charge in [-0.1, -0.05) is 66.8 Å². The molecule has 0 radical (unpaired) electrons. The van der Waals surface area contributed by atoms with Gasteiger partial charge in [-0.05, 0) is 62.8 Å². The molecular formula is C35H41N3O5. The van der Waals surface area contributed by atoms with Crippen LogP contribution in [-0.4, -0.2) is 76.1 Å². The van der Waals surface area contributed by atoms with E-state index < -0.39 is 29.1 Å². The summed E-state index contributed by atoms with van der Waals surface area (Å²) in [6.45, 7) is 7.48. The molecule has 4 heterocycles. The first-order chi connectivity index (χ1) is 20.7. The van der Waals surface area contributed by atoms with E-state index in [2.05, 4.69) is 0 Å². The Morgan fingerprint density at radius 2 is 1.65 bits per heavy atom. The first-order valence-electron chi connectivity index (χ1n) is 15.4. The number of aryl methyl sites for hydroxylation is 2. The number of carbonyl (C=O) groups excluding carboxylic acids is 3. The van der Waals surface area contributed by atoms with E-state index in [9.17, 15) is 19.5 Å². The van der Waals surface area contributed by atoms with E-state index in [-0.39, 0.29) is 24.3 Å². The molecule has 2 aromatic rings. The topological polar surface area (TPSA) is 90.4 Å². The van der Waals surface area contributed by atoms with E-state index in [0.29, 0.717) is 39.0 Å². The van der Waals surface area contributed by atoms with Gasteiger partial charge in [0.1, 0.15) is 11.6 Å². The number of ether oxygens (including phenoxy) is 1. The third-order valence-electron chi connectivity index (χ3n) is 9.57. The van der Waals surface area contributed by atoms with Crippen molar-refractivity contribution in [1.29, 1.82) is 0 Å². The van der Waals surface area contributed by atoms with Gasteiger partial charge in [0, 0.05) is 38.5 Å². The van der Waals surface area contributed by atoms with Crippen molar-refractivity contribution >= 4 is 23.4 Å². The Kier molecular flexibility index (Phi) is 7.77. The molecule has 0 aromatic heterocycles. The molecule has 0 bridgehead atoms. The van der Waals surface area contributed by atoms with E-state index in [1.807, 2.05) is 93.6 Å². The lowest BCUT2D eigenvalue weighted by molar-refractivity contribution is -0.148. The first-order valence-corrected chi connectivity index (χ1v) is 15.4. The lowest BCUT2D eigenvalue weighted by Crippen LogP contribution is -2.56. The van der Waals surface area contributed by atoms with Crippen LogP contribution in [0, 0.1) is 25.7 Å². The van der Waals surface area contributed by atoms with Gasteiger partial charge >= 0.3 is 0 Å². The van der Waals surface area contributed by atoms with Gasteiger partial charge in [-0.25, -0.2) is 0 Å². The third kappa shape index (κ3) is 4.90. The van der Waals surface area contributed by atoms with Crippen LogP contribution in [0.2, 0.25) is 0 Å². The predicted molar refractivity (Wildman–Crippen MR) is 164 cm³/mol. The smallest absolute Gasteiger partial charge is 0.253 e. The number of fused-ring (bicyclic) bond motifs is 2. The molecule has 6 rings (SSSR count). The number of unbranched alkanes of at least 4 members (excludes halogenated alkanes) is 2. The van der Waals surface area contributed by atoms with Crippen LogP contribution in [0.15, 0.2) is 72.8 Å². The summed E-state index contributed by atoms with van der Waals surface area (Å²) in [5.41, 5.74) is 1.50. The number of aliphatic hydroxyl groups excluding tert-OH is 1. The van der Waals surface area contributed by atoms with Crippen molar-refractivity contribution < 1.29 is 24.2 Å². The number of rotatable bonds is 8. The molecule has 4 aliphatic heterocycles. The molecule has 8 nitrogen and oxygen atoms in total. The van der Waals surface area contributed by atoms with Gasteiger partial charge in [0.25, 0.3) is 5.91 Å². The van der Waals surface area contributed by atoms with Gasteiger partial charge in [-0.2, -0.15) is 0 Å². The summed E-state index contributed by atoms with van der Waals surface area (Å²) < 4.78 is 6.96. The Bertz CT molecular complexity index is 1470. The zero-order chi connectivity index (χ0) is 30.4. The zero-order valence-electron chi connectivity index (χ0n) is 25.2. The summed E-state index contributed by atoms with van der Waals surface area (Å²) in [5.74, 6) is -2.17. The second-order valence-corrected chi connectivity index (χ2v) is 12.6. The lowest BCUT2D eigenvalue weighted by Gasteiger charge is -2.37. The standard InChI is InChI=1S/C35H41N3O5/c1-24-14-15-25(2)27(22-24)37-20-11-17-35-29(32(41)38(30(35)33(37)42)19-8-5-9-21-39)28-31(40)36(18-10-16-34(28,3)43-35)23-26-12-6-4-7-13-26/h4,6-7,10-17,22,28-30,39H,5,8-9,18-21,23H2,1-3H3/t28-,29-,30?,34+,35-/m0/s1. The van der Waals surface area contributed by atoms with Crippen LogP contribution in [0.1, 0.15) is 42.9 Å². The Morgan fingerprint density at radius 3 is 2.42 bits per heavy atom. The Balaban J connectivity index is 1.42. The predicted octanol–water partition coefficient (Wildman–Crippen LogP) is 3.94. The van der Waals surface area contributed by atoms with Crippen molar-refractivity contribution in [3.63, 3.8) is 0 Å². The minimum absolute atomic E-state index is 0.0770. The van der Waals surface area contributed by atoms with E-state index in [4.69, 9.17) is 4.74 Å². The van der Waals surface area contributed by atoms with Gasteiger partial charge < -0.3 is 24.5 Å². The molecule has 43 heavy (non-hydrogen) atoms. The average molecular weight is 584 g/mol. The molecule has 1 unspecified atom stereocenters. The largest absolute Gasteiger partial charge is 0.396 e. The molecular weight excluding hydrogens is 542 g/mol. The van der Waals surface area contributed by atoms with Crippen LogP contribution in [0.4, 0.5) is 5.69 Å². The number of nitrogens with zero attached hydrogens (tertiary/aromatic N) is 3. The molecule has 5 atom stereocenters. The van der Waals surface area contributed by atoms with E-state index in [1.54, 1.807) is 14.7 Å². The van der Waals surface area contributed by atoms with Crippen molar-refractivity contribution in [3.05, 3.63) is 89.5 Å². The quantitative estimate of drug-likeness (QED) is 0.376. The second-order valence-electron chi connectivity index (χ2n) is 12.6. The van der Waals surface area contributed by atoms with Crippen LogP contribution >= 0.6 is 0 Å². The molecule has 2 saturated heterocycles. The van der Waals surface area contributed by atoms with E-state index in [0.717, 1.165) is 28.8 Å². The molecule has 1 spiro atoms. The second kappa shape index (κ2) is 11.4. The van der Waals surface area contributed by atoms with Crippen LogP contribution < -0.4 is 4.90 Å². The normalized spacial score (nSPS) is 29.9. The first kappa shape index (κ1) is 29.3. The minimum Gasteiger partial charge on any atom is -0.396 e. The summed E-state index contributed by atoms with van der Waals surface area (Å²) in [6, 6.07) is 15.0. The molecule has 8 heteroatoms. The lowest BCUT2D eigenvalue weighted by atomic mass is 9.74. The highest BCUT2D eigenvalue weighted by atomic mass is 16.5. The van der Waals surface area contributed by atoms with Crippen molar-refractivity contribution in [2.24, 2.45) is 11.8 Å². The van der Waals surface area contributed by atoms with Crippen molar-refractivity contribution in [1.82, 2.24) is 9.80 Å². The van der Waals surface area contributed by atoms with Crippen molar-refractivity contribution in [3.8, 4) is 0 Å². The van der Waals surface area contributed by atoms with Gasteiger partial charge in [-0.3, -0.25) is 14.4 Å². The molecule has 0 aliphatic carbocycles. The highest BCUT2D eigenvalue weighted by Crippen LogP contribution is 2.57.